The van der Waals surface area contributed by atoms with Crippen LogP contribution in [-0.2, 0) is 10.2 Å². The molecule has 1 atom stereocenters. The van der Waals surface area contributed by atoms with E-state index in [1.54, 1.807) is 0 Å². The van der Waals surface area contributed by atoms with Gasteiger partial charge in [0.1, 0.15) is 0 Å². The Morgan fingerprint density at radius 1 is 1.06 bits per heavy atom. The van der Waals surface area contributed by atoms with Crippen molar-refractivity contribution < 1.29 is 4.74 Å². The largest absolute Gasteiger partial charge is 0.381 e. The fourth-order valence-electron chi connectivity index (χ4n) is 4.90. The van der Waals surface area contributed by atoms with Crippen LogP contribution in [0.2, 0.25) is 0 Å². The van der Waals surface area contributed by atoms with Crippen molar-refractivity contribution in [1.82, 2.24) is 10.6 Å². The van der Waals surface area contributed by atoms with Crippen molar-refractivity contribution in [3.63, 3.8) is 0 Å². The Hall–Kier alpha value is -2.53. The first-order valence-electron chi connectivity index (χ1n) is 12.2. The Morgan fingerprint density at radius 2 is 1.81 bits per heavy atom. The third kappa shape index (κ3) is 5.44. The number of guanidine groups is 1. The highest BCUT2D eigenvalue weighted by Crippen LogP contribution is 2.35. The molecule has 2 aliphatic rings. The standard InChI is InChI=1S/C27H38N4O/c1-3-28-26(29-21-27(14-18-32-19-15-27)24-11-5-4-6-12-24)30-22(2)23-10-9-13-25(20-23)31-16-7-8-17-31/h4-6,9-13,20,22H,3,7-8,14-19,21H2,1-2H3,(H2,28,29,30). The molecule has 0 aliphatic carbocycles. The van der Waals surface area contributed by atoms with E-state index in [1.165, 1.54) is 42.7 Å². The second-order valence-corrected chi connectivity index (χ2v) is 9.11. The first kappa shape index (κ1) is 22.7. The summed E-state index contributed by atoms with van der Waals surface area (Å²) in [5.41, 5.74) is 4.04. The van der Waals surface area contributed by atoms with Gasteiger partial charge in [-0.05, 0) is 62.8 Å². The van der Waals surface area contributed by atoms with E-state index in [9.17, 15) is 0 Å². The molecule has 2 fully saturated rings. The second kappa shape index (κ2) is 10.9. The SMILES string of the molecule is CCNC(=NCC1(c2ccccc2)CCOCC1)NC(C)c1cccc(N2CCCC2)c1. The average Bonchev–Trinajstić information content (AvgIpc) is 3.39. The molecule has 0 radical (unpaired) electrons. The van der Waals surface area contributed by atoms with Gasteiger partial charge in [-0.15, -0.1) is 0 Å². The quantitative estimate of drug-likeness (QED) is 0.492. The second-order valence-electron chi connectivity index (χ2n) is 9.11. The highest BCUT2D eigenvalue weighted by molar-refractivity contribution is 5.80. The fraction of sp³-hybridized carbons (Fsp3) is 0.519. The minimum Gasteiger partial charge on any atom is -0.381 e. The van der Waals surface area contributed by atoms with Crippen molar-refractivity contribution in [2.45, 2.75) is 51.0 Å². The summed E-state index contributed by atoms with van der Waals surface area (Å²) < 4.78 is 5.69. The topological polar surface area (TPSA) is 48.9 Å². The van der Waals surface area contributed by atoms with E-state index in [0.29, 0.717) is 0 Å². The van der Waals surface area contributed by atoms with Gasteiger partial charge in [0.05, 0.1) is 12.6 Å². The first-order chi connectivity index (χ1) is 15.7. The summed E-state index contributed by atoms with van der Waals surface area (Å²) in [5, 5.41) is 7.11. The van der Waals surface area contributed by atoms with Crippen LogP contribution in [-0.4, -0.2) is 45.4 Å². The number of aliphatic imine (C=N–C) groups is 1. The van der Waals surface area contributed by atoms with E-state index in [0.717, 1.165) is 45.1 Å². The van der Waals surface area contributed by atoms with Gasteiger partial charge >= 0.3 is 0 Å². The maximum atomic E-state index is 5.69. The van der Waals surface area contributed by atoms with Crippen molar-refractivity contribution in [3.8, 4) is 0 Å². The Kier molecular flexibility index (Phi) is 7.69. The minimum absolute atomic E-state index is 0.0424. The Bertz CT molecular complexity index is 870. The summed E-state index contributed by atoms with van der Waals surface area (Å²) in [6.07, 6.45) is 4.60. The number of benzene rings is 2. The minimum atomic E-state index is 0.0424. The van der Waals surface area contributed by atoms with Crippen LogP contribution in [0.5, 0.6) is 0 Å². The molecule has 2 aromatic rings. The number of nitrogens with zero attached hydrogens (tertiary/aromatic N) is 2. The van der Waals surface area contributed by atoms with E-state index in [4.69, 9.17) is 9.73 Å². The lowest BCUT2D eigenvalue weighted by Crippen LogP contribution is -2.42. The van der Waals surface area contributed by atoms with Gasteiger partial charge in [0.15, 0.2) is 5.96 Å². The van der Waals surface area contributed by atoms with Crippen molar-refractivity contribution in [2.24, 2.45) is 4.99 Å². The highest BCUT2D eigenvalue weighted by Gasteiger charge is 2.34. The predicted molar refractivity (Wildman–Crippen MR) is 134 cm³/mol. The van der Waals surface area contributed by atoms with Gasteiger partial charge in [0.2, 0.25) is 0 Å². The maximum absolute atomic E-state index is 5.69. The fourth-order valence-corrected chi connectivity index (χ4v) is 4.90. The molecule has 32 heavy (non-hydrogen) atoms. The molecular weight excluding hydrogens is 396 g/mol. The lowest BCUT2D eigenvalue weighted by atomic mass is 9.74. The molecule has 5 nitrogen and oxygen atoms in total. The number of rotatable bonds is 7. The molecule has 5 heteroatoms. The Balaban J connectivity index is 1.49. The third-order valence-corrected chi connectivity index (χ3v) is 6.91. The van der Waals surface area contributed by atoms with Crippen LogP contribution in [0, 0.1) is 0 Å². The van der Waals surface area contributed by atoms with Gasteiger partial charge in [-0.2, -0.15) is 0 Å². The monoisotopic (exact) mass is 434 g/mol. The van der Waals surface area contributed by atoms with Crippen LogP contribution in [0.1, 0.15) is 56.7 Å². The summed E-state index contributed by atoms with van der Waals surface area (Å²) in [4.78, 5) is 7.57. The molecule has 0 amide bonds. The third-order valence-electron chi connectivity index (χ3n) is 6.91. The smallest absolute Gasteiger partial charge is 0.191 e. The van der Waals surface area contributed by atoms with Crippen LogP contribution < -0.4 is 15.5 Å². The van der Waals surface area contributed by atoms with Gasteiger partial charge in [-0.1, -0.05) is 42.5 Å². The molecule has 2 aliphatic heterocycles. The molecule has 2 N–H and O–H groups in total. The molecule has 172 valence electrons. The maximum Gasteiger partial charge on any atom is 0.191 e. The summed E-state index contributed by atoms with van der Waals surface area (Å²) in [5.74, 6) is 0.883. The number of anilines is 1. The van der Waals surface area contributed by atoms with Crippen molar-refractivity contribution in [2.75, 3.05) is 44.3 Å². The molecule has 0 aromatic heterocycles. The number of hydrogen-bond acceptors (Lipinski definition) is 3. The van der Waals surface area contributed by atoms with Crippen LogP contribution >= 0.6 is 0 Å². The van der Waals surface area contributed by atoms with Crippen LogP contribution in [0.3, 0.4) is 0 Å². The molecule has 0 spiro atoms. The van der Waals surface area contributed by atoms with Gasteiger partial charge in [-0.25, -0.2) is 0 Å². The zero-order valence-electron chi connectivity index (χ0n) is 19.6. The molecule has 0 saturated carbocycles. The number of nitrogens with one attached hydrogen (secondary N) is 2. The average molecular weight is 435 g/mol. The van der Waals surface area contributed by atoms with E-state index in [1.807, 2.05) is 0 Å². The number of ether oxygens (including phenoxy) is 1. The summed E-state index contributed by atoms with van der Waals surface area (Å²) in [6.45, 7) is 9.88. The van der Waals surface area contributed by atoms with Crippen molar-refractivity contribution in [1.29, 1.82) is 0 Å². The van der Waals surface area contributed by atoms with Crippen LogP contribution in [0.4, 0.5) is 5.69 Å². The molecule has 2 aromatic carbocycles. The Labute approximate surface area is 193 Å². The molecule has 2 heterocycles. The molecule has 4 rings (SSSR count). The molecular formula is C27H38N4O. The summed E-state index contributed by atoms with van der Waals surface area (Å²) in [6, 6.07) is 20.0. The molecule has 1 unspecified atom stereocenters. The van der Waals surface area contributed by atoms with Gasteiger partial charge in [0, 0.05) is 44.0 Å². The van der Waals surface area contributed by atoms with Crippen molar-refractivity contribution in [3.05, 3.63) is 65.7 Å². The van der Waals surface area contributed by atoms with Crippen LogP contribution in [0.25, 0.3) is 0 Å². The lowest BCUT2D eigenvalue weighted by molar-refractivity contribution is 0.0531. The lowest BCUT2D eigenvalue weighted by Gasteiger charge is -2.36. The van der Waals surface area contributed by atoms with Crippen molar-refractivity contribution >= 4 is 11.6 Å². The summed E-state index contributed by atoms with van der Waals surface area (Å²) in [7, 11) is 0. The normalized spacial score (nSPS) is 19.6. The van der Waals surface area contributed by atoms with Crippen LogP contribution in [0.15, 0.2) is 59.6 Å². The summed E-state index contributed by atoms with van der Waals surface area (Å²) >= 11 is 0. The highest BCUT2D eigenvalue weighted by atomic mass is 16.5. The Morgan fingerprint density at radius 3 is 2.53 bits per heavy atom. The number of hydrogen-bond donors (Lipinski definition) is 2. The zero-order valence-corrected chi connectivity index (χ0v) is 19.6. The zero-order chi connectivity index (χ0) is 22.2. The first-order valence-corrected chi connectivity index (χ1v) is 12.2. The molecule has 0 bridgehead atoms. The van der Waals surface area contributed by atoms with Gasteiger partial charge in [0.25, 0.3) is 0 Å². The van der Waals surface area contributed by atoms with Gasteiger partial charge in [-0.3, -0.25) is 4.99 Å². The van der Waals surface area contributed by atoms with E-state index >= 15 is 0 Å². The van der Waals surface area contributed by atoms with Gasteiger partial charge < -0.3 is 20.3 Å². The molecule has 2 saturated heterocycles. The van der Waals surface area contributed by atoms with E-state index in [-0.39, 0.29) is 11.5 Å². The van der Waals surface area contributed by atoms with E-state index < -0.39 is 0 Å². The van der Waals surface area contributed by atoms with E-state index in [2.05, 4.69) is 84.0 Å². The predicted octanol–water partition coefficient (Wildman–Crippen LogP) is 4.65.